The fourth-order valence-corrected chi connectivity index (χ4v) is 4.09. The Kier molecular flexibility index (Phi) is 4.17. The summed E-state index contributed by atoms with van der Waals surface area (Å²) in [6, 6.07) is 2.16. The van der Waals surface area contributed by atoms with Crippen LogP contribution in [0.2, 0.25) is 0 Å². The number of nitrogens with zero attached hydrogens (tertiary/aromatic N) is 1. The van der Waals surface area contributed by atoms with Gasteiger partial charge in [0.1, 0.15) is 16.5 Å². The molecule has 1 atom stereocenters. The fraction of sp³-hybridized carbons (Fsp3) is 0.500. The van der Waals surface area contributed by atoms with E-state index in [9.17, 15) is 17.2 Å². The molecule has 1 aromatic rings. The monoisotopic (exact) mass is 290 g/mol. The molecular weight excluding hydrogens is 274 g/mol. The first-order valence-corrected chi connectivity index (χ1v) is 7.58. The lowest BCUT2D eigenvalue weighted by Gasteiger charge is -2.33. The van der Waals surface area contributed by atoms with E-state index >= 15 is 0 Å². The van der Waals surface area contributed by atoms with Gasteiger partial charge in [0.25, 0.3) is 0 Å². The van der Waals surface area contributed by atoms with Crippen LogP contribution in [-0.4, -0.2) is 31.9 Å². The van der Waals surface area contributed by atoms with Crippen LogP contribution in [0, 0.1) is 11.6 Å². The van der Waals surface area contributed by atoms with E-state index in [1.54, 1.807) is 0 Å². The molecule has 1 heterocycles. The Morgan fingerprint density at radius 3 is 2.68 bits per heavy atom. The molecule has 0 spiro atoms. The highest BCUT2D eigenvalue weighted by molar-refractivity contribution is 7.89. The number of nitrogens with two attached hydrogens (primary N) is 1. The molecule has 7 heteroatoms. The summed E-state index contributed by atoms with van der Waals surface area (Å²) >= 11 is 0. The van der Waals surface area contributed by atoms with E-state index in [-0.39, 0.29) is 12.6 Å². The van der Waals surface area contributed by atoms with E-state index in [1.165, 1.54) is 4.31 Å². The second kappa shape index (κ2) is 5.52. The van der Waals surface area contributed by atoms with Crippen LogP contribution in [0.3, 0.4) is 0 Å². The Labute approximate surface area is 111 Å². The number of hydrogen-bond donors (Lipinski definition) is 1. The molecule has 0 amide bonds. The molecule has 1 aliphatic rings. The van der Waals surface area contributed by atoms with Gasteiger partial charge >= 0.3 is 0 Å². The van der Waals surface area contributed by atoms with E-state index in [0.717, 1.165) is 25.0 Å². The quantitative estimate of drug-likeness (QED) is 0.917. The minimum Gasteiger partial charge on any atom is -0.329 e. The van der Waals surface area contributed by atoms with Crippen LogP contribution in [0.5, 0.6) is 0 Å². The smallest absolute Gasteiger partial charge is 0.246 e. The molecule has 0 bridgehead atoms. The molecule has 0 aromatic heterocycles. The number of hydrogen-bond acceptors (Lipinski definition) is 3. The summed E-state index contributed by atoms with van der Waals surface area (Å²) in [5.74, 6) is -1.87. The highest BCUT2D eigenvalue weighted by Gasteiger charge is 2.34. The Morgan fingerprint density at radius 2 is 2.05 bits per heavy atom. The second-order valence-electron chi connectivity index (χ2n) is 4.58. The van der Waals surface area contributed by atoms with Crippen molar-refractivity contribution in [1.82, 2.24) is 4.31 Å². The summed E-state index contributed by atoms with van der Waals surface area (Å²) < 4.78 is 52.5. The predicted molar refractivity (Wildman–Crippen MR) is 66.9 cm³/mol. The molecule has 1 aliphatic heterocycles. The molecule has 4 nitrogen and oxygen atoms in total. The third kappa shape index (κ3) is 2.77. The molecule has 19 heavy (non-hydrogen) atoms. The number of rotatable bonds is 3. The normalized spacial score (nSPS) is 21.5. The van der Waals surface area contributed by atoms with Crippen molar-refractivity contribution in [3.05, 3.63) is 29.8 Å². The van der Waals surface area contributed by atoms with Crippen LogP contribution in [0.25, 0.3) is 0 Å². The molecule has 2 rings (SSSR count). The van der Waals surface area contributed by atoms with Gasteiger partial charge in [0.05, 0.1) is 0 Å². The topological polar surface area (TPSA) is 63.4 Å². The van der Waals surface area contributed by atoms with E-state index in [4.69, 9.17) is 5.73 Å². The Bertz CT molecular complexity index is 563. The van der Waals surface area contributed by atoms with Gasteiger partial charge in [0.15, 0.2) is 0 Å². The number of piperidine rings is 1. The maximum atomic E-state index is 13.7. The fourth-order valence-electron chi connectivity index (χ4n) is 2.34. The van der Waals surface area contributed by atoms with Crippen LogP contribution in [0.15, 0.2) is 23.1 Å². The van der Waals surface area contributed by atoms with E-state index in [0.29, 0.717) is 19.0 Å². The first kappa shape index (κ1) is 14.4. The number of benzene rings is 1. The summed E-state index contributed by atoms with van der Waals surface area (Å²) in [5, 5.41) is 0. The first-order chi connectivity index (χ1) is 8.96. The maximum Gasteiger partial charge on any atom is 0.246 e. The summed E-state index contributed by atoms with van der Waals surface area (Å²) in [4.78, 5) is -0.491. The molecule has 1 fully saturated rings. The third-order valence-corrected chi connectivity index (χ3v) is 5.31. The van der Waals surface area contributed by atoms with Gasteiger partial charge in [-0.2, -0.15) is 4.31 Å². The molecular formula is C12H16F2N2O2S. The van der Waals surface area contributed by atoms with Crippen LogP contribution in [0.4, 0.5) is 8.78 Å². The molecule has 1 aromatic carbocycles. The zero-order valence-corrected chi connectivity index (χ0v) is 11.2. The van der Waals surface area contributed by atoms with Crippen LogP contribution in [0.1, 0.15) is 19.3 Å². The van der Waals surface area contributed by atoms with Crippen molar-refractivity contribution in [2.45, 2.75) is 30.2 Å². The van der Waals surface area contributed by atoms with Crippen LogP contribution < -0.4 is 5.73 Å². The summed E-state index contributed by atoms with van der Waals surface area (Å²) in [6.07, 6.45) is 2.29. The Balaban J connectivity index is 2.40. The summed E-state index contributed by atoms with van der Waals surface area (Å²) in [5.41, 5.74) is 5.57. The third-order valence-electron chi connectivity index (χ3n) is 3.33. The lowest BCUT2D eigenvalue weighted by Crippen LogP contribution is -2.47. The SMILES string of the molecule is NC[C@H]1CCCCN1S(=O)(=O)c1ccc(F)cc1F. The number of sulfonamides is 1. The molecule has 0 radical (unpaired) electrons. The van der Waals surface area contributed by atoms with Crippen LogP contribution in [-0.2, 0) is 10.0 Å². The zero-order valence-electron chi connectivity index (χ0n) is 10.4. The van der Waals surface area contributed by atoms with Crippen molar-refractivity contribution in [3.63, 3.8) is 0 Å². The standard InChI is InChI=1S/C12H16F2N2O2S/c13-9-4-5-12(11(14)7-9)19(17,18)16-6-2-1-3-10(16)8-15/h4-5,7,10H,1-3,6,8,15H2/t10-/m1/s1. The predicted octanol–water partition coefficient (Wildman–Crippen LogP) is 1.47. The van der Waals surface area contributed by atoms with Gasteiger partial charge < -0.3 is 5.73 Å². The molecule has 0 aliphatic carbocycles. The van der Waals surface area contributed by atoms with Gasteiger partial charge in [-0.1, -0.05) is 6.42 Å². The maximum absolute atomic E-state index is 13.7. The van der Waals surface area contributed by atoms with Gasteiger partial charge in [0.2, 0.25) is 10.0 Å². The minimum atomic E-state index is -3.96. The van der Waals surface area contributed by atoms with Gasteiger partial charge in [-0.3, -0.25) is 0 Å². The largest absolute Gasteiger partial charge is 0.329 e. The van der Waals surface area contributed by atoms with Gasteiger partial charge in [-0.05, 0) is 25.0 Å². The van der Waals surface area contributed by atoms with Gasteiger partial charge in [-0.15, -0.1) is 0 Å². The van der Waals surface area contributed by atoms with E-state index in [2.05, 4.69) is 0 Å². The van der Waals surface area contributed by atoms with E-state index in [1.807, 2.05) is 0 Å². The van der Waals surface area contributed by atoms with Gasteiger partial charge in [-0.25, -0.2) is 17.2 Å². The number of halogens is 2. The first-order valence-electron chi connectivity index (χ1n) is 6.14. The minimum absolute atomic E-state index is 0.196. The van der Waals surface area contributed by atoms with E-state index < -0.39 is 26.6 Å². The molecule has 0 unspecified atom stereocenters. The average molecular weight is 290 g/mol. The molecule has 1 saturated heterocycles. The summed E-state index contributed by atoms with van der Waals surface area (Å²) in [7, 11) is -3.96. The Morgan fingerprint density at radius 1 is 1.32 bits per heavy atom. The highest BCUT2D eigenvalue weighted by atomic mass is 32.2. The molecule has 0 saturated carbocycles. The average Bonchev–Trinajstić information content (AvgIpc) is 2.38. The van der Waals surface area contributed by atoms with Crippen molar-refractivity contribution in [3.8, 4) is 0 Å². The lowest BCUT2D eigenvalue weighted by molar-refractivity contribution is 0.257. The second-order valence-corrected chi connectivity index (χ2v) is 6.43. The lowest BCUT2D eigenvalue weighted by atomic mass is 10.1. The van der Waals surface area contributed by atoms with Crippen molar-refractivity contribution in [2.24, 2.45) is 5.73 Å². The summed E-state index contributed by atoms with van der Waals surface area (Å²) in [6.45, 7) is 0.517. The molecule has 2 N–H and O–H groups in total. The molecule has 106 valence electrons. The van der Waals surface area contributed by atoms with Crippen LogP contribution >= 0.6 is 0 Å². The highest BCUT2D eigenvalue weighted by Crippen LogP contribution is 2.26. The zero-order chi connectivity index (χ0) is 14.0. The van der Waals surface area contributed by atoms with Crippen molar-refractivity contribution < 1.29 is 17.2 Å². The van der Waals surface area contributed by atoms with Crippen molar-refractivity contribution in [1.29, 1.82) is 0 Å². The van der Waals surface area contributed by atoms with Crippen molar-refractivity contribution >= 4 is 10.0 Å². The van der Waals surface area contributed by atoms with Crippen molar-refractivity contribution in [2.75, 3.05) is 13.1 Å². The Hall–Kier alpha value is -1.05. The van der Waals surface area contributed by atoms with Gasteiger partial charge in [0, 0.05) is 25.2 Å².